The summed E-state index contributed by atoms with van der Waals surface area (Å²) in [5.74, 6) is -0.317. The number of rotatable bonds is 4. The van der Waals surface area contributed by atoms with Gasteiger partial charge in [0.15, 0.2) is 0 Å². The Morgan fingerprint density at radius 2 is 1.52 bits per heavy atom. The molecule has 1 nitrogen and oxygen atoms in total. The lowest BCUT2D eigenvalue weighted by atomic mass is 10.0. The molecular weight excluding hydrogens is 282 g/mol. The molecule has 0 saturated heterocycles. The molecule has 0 radical (unpaired) electrons. The summed E-state index contributed by atoms with van der Waals surface area (Å²) in [4.78, 5) is 0. The lowest BCUT2D eigenvalue weighted by Crippen LogP contribution is -2.10. The fourth-order valence-electron chi connectivity index (χ4n) is 2.07. The van der Waals surface area contributed by atoms with E-state index < -0.39 is 11.7 Å². The van der Waals surface area contributed by atoms with Gasteiger partial charge in [0.05, 0.1) is 11.6 Å². The van der Waals surface area contributed by atoms with Crippen molar-refractivity contribution in [2.24, 2.45) is 0 Å². The summed E-state index contributed by atoms with van der Waals surface area (Å²) in [6, 6.07) is 10.9. The van der Waals surface area contributed by atoms with Gasteiger partial charge >= 0.3 is 6.18 Å². The number of alkyl halides is 3. The fraction of sp³-hybridized carbons (Fsp3) is 0.250. The van der Waals surface area contributed by atoms with Gasteiger partial charge in [-0.3, -0.25) is 0 Å². The Morgan fingerprint density at radius 3 is 2.00 bits per heavy atom. The van der Waals surface area contributed by atoms with Crippen LogP contribution in [-0.4, -0.2) is 0 Å². The first kappa shape index (κ1) is 15.4. The SMILES string of the molecule is CCC(Nc1ccc(C(F)(F)F)cc1)c1ccc(F)cc1. The van der Waals surface area contributed by atoms with Crippen molar-refractivity contribution in [1.82, 2.24) is 0 Å². The maximum atomic E-state index is 12.9. The van der Waals surface area contributed by atoms with E-state index in [0.29, 0.717) is 5.69 Å². The number of hydrogen-bond donors (Lipinski definition) is 1. The Labute approximate surface area is 120 Å². The summed E-state index contributed by atoms with van der Waals surface area (Å²) in [5, 5.41) is 3.15. The molecule has 1 unspecified atom stereocenters. The zero-order chi connectivity index (χ0) is 15.5. The van der Waals surface area contributed by atoms with Crippen LogP contribution in [0, 0.1) is 5.82 Å². The van der Waals surface area contributed by atoms with E-state index >= 15 is 0 Å². The average Bonchev–Trinajstić information content (AvgIpc) is 2.45. The molecule has 1 atom stereocenters. The van der Waals surface area contributed by atoms with Gasteiger partial charge < -0.3 is 5.32 Å². The highest BCUT2D eigenvalue weighted by Gasteiger charge is 2.29. The van der Waals surface area contributed by atoms with Crippen molar-refractivity contribution in [3.63, 3.8) is 0 Å². The zero-order valence-corrected chi connectivity index (χ0v) is 11.4. The quantitative estimate of drug-likeness (QED) is 0.744. The van der Waals surface area contributed by atoms with Gasteiger partial charge in [0.25, 0.3) is 0 Å². The van der Waals surface area contributed by atoms with E-state index in [1.807, 2.05) is 6.92 Å². The van der Waals surface area contributed by atoms with Crippen molar-refractivity contribution in [2.45, 2.75) is 25.6 Å². The van der Waals surface area contributed by atoms with Crippen LogP contribution in [0.2, 0.25) is 0 Å². The molecular formula is C16H15F4N. The Morgan fingerprint density at radius 1 is 0.952 bits per heavy atom. The first-order valence-electron chi connectivity index (χ1n) is 6.59. The van der Waals surface area contributed by atoms with Crippen LogP contribution >= 0.6 is 0 Å². The third kappa shape index (κ3) is 3.97. The van der Waals surface area contributed by atoms with E-state index in [-0.39, 0.29) is 11.9 Å². The van der Waals surface area contributed by atoms with Crippen LogP contribution in [0.1, 0.15) is 30.5 Å². The second-order valence-corrected chi connectivity index (χ2v) is 4.73. The fourth-order valence-corrected chi connectivity index (χ4v) is 2.07. The van der Waals surface area contributed by atoms with Crippen LogP contribution in [0.4, 0.5) is 23.2 Å². The Kier molecular flexibility index (Phi) is 4.50. The largest absolute Gasteiger partial charge is 0.416 e. The second-order valence-electron chi connectivity index (χ2n) is 4.73. The zero-order valence-electron chi connectivity index (χ0n) is 11.4. The summed E-state index contributed by atoms with van der Waals surface area (Å²) >= 11 is 0. The molecule has 0 fully saturated rings. The summed E-state index contributed by atoms with van der Waals surface area (Å²) in [6.45, 7) is 1.95. The molecule has 21 heavy (non-hydrogen) atoms. The van der Waals surface area contributed by atoms with Crippen LogP contribution in [-0.2, 0) is 6.18 Å². The maximum Gasteiger partial charge on any atom is 0.416 e. The van der Waals surface area contributed by atoms with Gasteiger partial charge in [-0.15, -0.1) is 0 Å². The van der Waals surface area contributed by atoms with Crippen molar-refractivity contribution < 1.29 is 17.6 Å². The molecule has 2 rings (SSSR count). The lowest BCUT2D eigenvalue weighted by molar-refractivity contribution is -0.137. The first-order valence-corrected chi connectivity index (χ1v) is 6.59. The summed E-state index contributed by atoms with van der Waals surface area (Å²) in [7, 11) is 0. The molecule has 0 aromatic heterocycles. The van der Waals surface area contributed by atoms with Gasteiger partial charge in [0.2, 0.25) is 0 Å². The van der Waals surface area contributed by atoms with Gasteiger partial charge in [-0.2, -0.15) is 13.2 Å². The molecule has 0 amide bonds. The number of hydrogen-bond acceptors (Lipinski definition) is 1. The number of benzene rings is 2. The molecule has 2 aromatic rings. The van der Waals surface area contributed by atoms with E-state index in [2.05, 4.69) is 5.32 Å². The van der Waals surface area contributed by atoms with E-state index in [0.717, 1.165) is 24.1 Å². The highest BCUT2D eigenvalue weighted by Crippen LogP contribution is 2.30. The minimum Gasteiger partial charge on any atom is -0.378 e. The predicted molar refractivity (Wildman–Crippen MR) is 74.5 cm³/mol. The molecule has 112 valence electrons. The van der Waals surface area contributed by atoms with E-state index in [9.17, 15) is 17.6 Å². The molecule has 0 saturated carbocycles. The molecule has 0 aliphatic heterocycles. The van der Waals surface area contributed by atoms with Gasteiger partial charge in [-0.05, 0) is 48.4 Å². The highest BCUT2D eigenvalue weighted by molar-refractivity contribution is 5.47. The lowest BCUT2D eigenvalue weighted by Gasteiger charge is -2.19. The smallest absolute Gasteiger partial charge is 0.378 e. The first-order chi connectivity index (χ1) is 9.90. The summed E-state index contributed by atoms with van der Waals surface area (Å²) < 4.78 is 50.4. The minimum absolute atomic E-state index is 0.0812. The molecule has 0 heterocycles. The van der Waals surface area contributed by atoms with Crippen LogP contribution < -0.4 is 5.32 Å². The molecule has 0 aliphatic carbocycles. The second kappa shape index (κ2) is 6.16. The van der Waals surface area contributed by atoms with E-state index in [4.69, 9.17) is 0 Å². The maximum absolute atomic E-state index is 12.9. The van der Waals surface area contributed by atoms with E-state index in [1.165, 1.54) is 24.3 Å². The van der Waals surface area contributed by atoms with Crippen molar-refractivity contribution in [3.05, 3.63) is 65.5 Å². The number of anilines is 1. The highest BCUT2D eigenvalue weighted by atomic mass is 19.4. The van der Waals surface area contributed by atoms with Crippen molar-refractivity contribution in [3.8, 4) is 0 Å². The molecule has 0 bridgehead atoms. The van der Waals surface area contributed by atoms with Crippen LogP contribution in [0.3, 0.4) is 0 Å². The third-order valence-corrected chi connectivity index (χ3v) is 3.23. The molecule has 0 spiro atoms. The normalized spacial score (nSPS) is 13.0. The monoisotopic (exact) mass is 297 g/mol. The topological polar surface area (TPSA) is 12.0 Å². The van der Waals surface area contributed by atoms with Crippen LogP contribution in [0.5, 0.6) is 0 Å². The Bertz CT molecular complexity index is 573. The van der Waals surface area contributed by atoms with Crippen LogP contribution in [0.15, 0.2) is 48.5 Å². The van der Waals surface area contributed by atoms with Crippen molar-refractivity contribution in [1.29, 1.82) is 0 Å². The summed E-state index contributed by atoms with van der Waals surface area (Å²) in [5.41, 5.74) is 0.806. The van der Waals surface area contributed by atoms with Crippen LogP contribution in [0.25, 0.3) is 0 Å². The number of nitrogens with one attached hydrogen (secondary N) is 1. The minimum atomic E-state index is -4.33. The summed E-state index contributed by atoms with van der Waals surface area (Å²) in [6.07, 6.45) is -3.60. The number of halogens is 4. The Hall–Kier alpha value is -2.04. The van der Waals surface area contributed by atoms with Gasteiger partial charge in [-0.1, -0.05) is 19.1 Å². The van der Waals surface area contributed by atoms with Gasteiger partial charge in [0, 0.05) is 5.69 Å². The molecule has 0 aliphatic rings. The van der Waals surface area contributed by atoms with Crippen molar-refractivity contribution >= 4 is 5.69 Å². The van der Waals surface area contributed by atoms with Gasteiger partial charge in [0.1, 0.15) is 5.82 Å². The standard InChI is InChI=1S/C16H15F4N/c1-2-15(11-3-7-13(17)8-4-11)21-14-9-5-12(6-10-14)16(18,19)20/h3-10,15,21H,2H2,1H3. The Balaban J connectivity index is 2.13. The predicted octanol–water partition coefficient (Wildman–Crippen LogP) is 5.41. The average molecular weight is 297 g/mol. The van der Waals surface area contributed by atoms with Gasteiger partial charge in [-0.25, -0.2) is 4.39 Å². The third-order valence-electron chi connectivity index (χ3n) is 3.23. The molecule has 1 N–H and O–H groups in total. The molecule has 5 heteroatoms. The van der Waals surface area contributed by atoms with E-state index in [1.54, 1.807) is 12.1 Å². The van der Waals surface area contributed by atoms with Crippen molar-refractivity contribution in [2.75, 3.05) is 5.32 Å². The molecule has 2 aromatic carbocycles.